The largest absolute Gasteiger partial charge is 0.366 e. The number of anilines is 1. The second kappa shape index (κ2) is 7.29. The Morgan fingerprint density at radius 1 is 1.12 bits per heavy atom. The molecule has 3 rings (SSSR count). The van der Waals surface area contributed by atoms with E-state index in [1.165, 1.54) is 7.05 Å². The predicted molar refractivity (Wildman–Crippen MR) is 104 cm³/mol. The van der Waals surface area contributed by atoms with Crippen LogP contribution in [0.2, 0.25) is 5.02 Å². The van der Waals surface area contributed by atoms with Crippen molar-refractivity contribution in [3.8, 4) is 0 Å². The van der Waals surface area contributed by atoms with Gasteiger partial charge in [-0.1, -0.05) is 39.7 Å². The molecule has 0 atom stereocenters. The van der Waals surface area contributed by atoms with E-state index in [-0.39, 0.29) is 4.90 Å². The number of nitrogens with one attached hydrogen (secondary N) is 2. The zero-order valence-corrected chi connectivity index (χ0v) is 16.4. The van der Waals surface area contributed by atoms with Gasteiger partial charge in [0, 0.05) is 16.4 Å². The first-order valence-electron chi connectivity index (χ1n) is 7.41. The standard InChI is InChI=1S/C17H15BrClN3O2S/c1-20-25(23,24)14-5-2-11(3-6-14)10-21-16-7-4-12-8-13(18)9-15(19)17(12)22-16/h2-9,20H,10H2,1H3,(H,21,22). The zero-order valence-electron chi connectivity index (χ0n) is 13.3. The molecule has 0 saturated carbocycles. The normalized spacial score (nSPS) is 11.6. The molecule has 0 radical (unpaired) electrons. The molecule has 8 heteroatoms. The summed E-state index contributed by atoms with van der Waals surface area (Å²) in [7, 11) is -2.03. The van der Waals surface area contributed by atoms with Crippen LogP contribution < -0.4 is 10.0 Å². The molecule has 0 spiro atoms. The summed E-state index contributed by atoms with van der Waals surface area (Å²) in [6.45, 7) is 0.520. The molecular formula is C17H15BrClN3O2S. The molecule has 1 aromatic heterocycles. The fourth-order valence-corrected chi connectivity index (χ4v) is 3.96. The van der Waals surface area contributed by atoms with Crippen LogP contribution in [-0.2, 0) is 16.6 Å². The lowest BCUT2D eigenvalue weighted by Crippen LogP contribution is -2.18. The van der Waals surface area contributed by atoms with Crippen LogP contribution in [0, 0.1) is 0 Å². The van der Waals surface area contributed by atoms with Crippen LogP contribution in [0.5, 0.6) is 0 Å². The number of hydrogen-bond acceptors (Lipinski definition) is 4. The summed E-state index contributed by atoms with van der Waals surface area (Å²) in [6.07, 6.45) is 0. The minimum atomic E-state index is -3.42. The molecule has 0 aliphatic carbocycles. The van der Waals surface area contributed by atoms with Crippen molar-refractivity contribution >= 4 is 54.3 Å². The van der Waals surface area contributed by atoms with Crippen molar-refractivity contribution in [2.45, 2.75) is 11.4 Å². The van der Waals surface area contributed by atoms with Crippen molar-refractivity contribution in [1.82, 2.24) is 9.71 Å². The number of fused-ring (bicyclic) bond motifs is 1. The number of halogens is 2. The summed E-state index contributed by atoms with van der Waals surface area (Å²) < 4.78 is 26.6. The molecule has 2 N–H and O–H groups in total. The van der Waals surface area contributed by atoms with Crippen molar-refractivity contribution in [1.29, 1.82) is 0 Å². The maximum absolute atomic E-state index is 11.7. The van der Waals surface area contributed by atoms with E-state index in [9.17, 15) is 8.42 Å². The van der Waals surface area contributed by atoms with Crippen LogP contribution in [0.4, 0.5) is 5.82 Å². The molecule has 0 amide bonds. The molecular weight excluding hydrogens is 426 g/mol. The highest BCUT2D eigenvalue weighted by atomic mass is 79.9. The quantitative estimate of drug-likeness (QED) is 0.624. The average molecular weight is 441 g/mol. The van der Waals surface area contributed by atoms with E-state index in [0.717, 1.165) is 20.9 Å². The number of rotatable bonds is 5. The Morgan fingerprint density at radius 2 is 1.84 bits per heavy atom. The highest BCUT2D eigenvalue weighted by Gasteiger charge is 2.10. The number of hydrogen-bond donors (Lipinski definition) is 2. The molecule has 0 unspecified atom stereocenters. The van der Waals surface area contributed by atoms with E-state index in [2.05, 4.69) is 31.0 Å². The summed E-state index contributed by atoms with van der Waals surface area (Å²) in [5, 5.41) is 4.75. The van der Waals surface area contributed by atoms with Crippen LogP contribution in [0.25, 0.3) is 10.9 Å². The first-order chi connectivity index (χ1) is 11.9. The third-order valence-corrected chi connectivity index (χ3v) is 5.86. The number of pyridine rings is 1. The van der Waals surface area contributed by atoms with Crippen LogP contribution in [0.3, 0.4) is 0 Å². The monoisotopic (exact) mass is 439 g/mol. The van der Waals surface area contributed by atoms with Crippen molar-refractivity contribution in [3.05, 3.63) is 63.6 Å². The minimum absolute atomic E-state index is 0.236. The number of sulfonamides is 1. The Bertz CT molecular complexity index is 1020. The van der Waals surface area contributed by atoms with Gasteiger partial charge in [-0.3, -0.25) is 0 Å². The van der Waals surface area contributed by atoms with Gasteiger partial charge in [0.25, 0.3) is 0 Å². The molecule has 2 aromatic carbocycles. The Balaban J connectivity index is 1.76. The first kappa shape index (κ1) is 18.1. The Kier molecular flexibility index (Phi) is 5.29. The molecule has 3 aromatic rings. The highest BCUT2D eigenvalue weighted by Crippen LogP contribution is 2.27. The molecule has 0 bridgehead atoms. The molecule has 5 nitrogen and oxygen atoms in total. The lowest BCUT2D eigenvalue weighted by Gasteiger charge is -2.09. The number of nitrogens with zero attached hydrogens (tertiary/aromatic N) is 1. The van der Waals surface area contributed by atoms with E-state index in [4.69, 9.17) is 11.6 Å². The Hall–Kier alpha value is -1.67. The van der Waals surface area contributed by atoms with Crippen molar-refractivity contribution in [2.75, 3.05) is 12.4 Å². The third kappa shape index (κ3) is 4.12. The van der Waals surface area contributed by atoms with Gasteiger partial charge < -0.3 is 5.32 Å². The lowest BCUT2D eigenvalue weighted by molar-refractivity contribution is 0.588. The maximum atomic E-state index is 11.7. The van der Waals surface area contributed by atoms with E-state index < -0.39 is 10.0 Å². The van der Waals surface area contributed by atoms with Gasteiger partial charge in [-0.15, -0.1) is 0 Å². The molecule has 25 heavy (non-hydrogen) atoms. The lowest BCUT2D eigenvalue weighted by atomic mass is 10.2. The van der Waals surface area contributed by atoms with Crippen LogP contribution in [0.15, 0.2) is 57.9 Å². The average Bonchev–Trinajstić information content (AvgIpc) is 2.60. The van der Waals surface area contributed by atoms with Gasteiger partial charge in [0.1, 0.15) is 5.82 Å². The fourth-order valence-electron chi connectivity index (χ4n) is 2.35. The number of benzene rings is 2. The minimum Gasteiger partial charge on any atom is -0.366 e. The van der Waals surface area contributed by atoms with Gasteiger partial charge in [0.05, 0.1) is 15.4 Å². The molecule has 130 valence electrons. The highest BCUT2D eigenvalue weighted by molar-refractivity contribution is 9.10. The topological polar surface area (TPSA) is 71.1 Å². The zero-order chi connectivity index (χ0) is 18.0. The van der Waals surface area contributed by atoms with Crippen molar-refractivity contribution < 1.29 is 8.42 Å². The Morgan fingerprint density at radius 3 is 2.52 bits per heavy atom. The van der Waals surface area contributed by atoms with Gasteiger partial charge in [-0.25, -0.2) is 18.1 Å². The van der Waals surface area contributed by atoms with E-state index >= 15 is 0 Å². The SMILES string of the molecule is CNS(=O)(=O)c1ccc(CNc2ccc3cc(Br)cc(Cl)c3n2)cc1. The molecule has 0 aliphatic rings. The van der Waals surface area contributed by atoms with Crippen LogP contribution in [0.1, 0.15) is 5.56 Å². The van der Waals surface area contributed by atoms with Gasteiger partial charge in [0.2, 0.25) is 10.0 Å². The van der Waals surface area contributed by atoms with Gasteiger partial charge in [-0.05, 0) is 49.0 Å². The Labute approximate surface area is 159 Å². The number of aromatic nitrogens is 1. The summed E-state index contributed by atoms with van der Waals surface area (Å²) in [5.74, 6) is 0.698. The second-order valence-corrected chi connectivity index (χ2v) is 8.57. The fraction of sp³-hybridized carbons (Fsp3) is 0.118. The first-order valence-corrected chi connectivity index (χ1v) is 10.1. The second-order valence-electron chi connectivity index (χ2n) is 5.36. The summed E-state index contributed by atoms with van der Waals surface area (Å²) in [6, 6.07) is 14.3. The smallest absolute Gasteiger partial charge is 0.240 e. The summed E-state index contributed by atoms with van der Waals surface area (Å²) >= 11 is 9.66. The molecule has 1 heterocycles. The predicted octanol–water partition coefficient (Wildman–Crippen LogP) is 4.17. The summed E-state index contributed by atoms with van der Waals surface area (Å²) in [5.41, 5.74) is 1.67. The summed E-state index contributed by atoms with van der Waals surface area (Å²) in [4.78, 5) is 4.77. The van der Waals surface area contributed by atoms with Crippen LogP contribution >= 0.6 is 27.5 Å². The van der Waals surface area contributed by atoms with Gasteiger partial charge in [-0.2, -0.15) is 0 Å². The molecule has 0 aliphatic heterocycles. The van der Waals surface area contributed by atoms with Gasteiger partial charge in [0.15, 0.2) is 0 Å². The van der Waals surface area contributed by atoms with Crippen molar-refractivity contribution in [3.63, 3.8) is 0 Å². The van der Waals surface area contributed by atoms with E-state index in [0.29, 0.717) is 17.4 Å². The van der Waals surface area contributed by atoms with Gasteiger partial charge >= 0.3 is 0 Å². The maximum Gasteiger partial charge on any atom is 0.240 e. The van der Waals surface area contributed by atoms with E-state index in [1.807, 2.05) is 24.3 Å². The van der Waals surface area contributed by atoms with Crippen molar-refractivity contribution in [2.24, 2.45) is 0 Å². The van der Waals surface area contributed by atoms with E-state index in [1.54, 1.807) is 24.3 Å². The third-order valence-electron chi connectivity index (χ3n) is 3.69. The molecule has 0 saturated heterocycles. The van der Waals surface area contributed by atoms with Crippen LogP contribution in [-0.4, -0.2) is 20.4 Å². The molecule has 0 fully saturated rings.